The van der Waals surface area contributed by atoms with Crippen LogP contribution in [0.15, 0.2) is 53.5 Å². The summed E-state index contributed by atoms with van der Waals surface area (Å²) in [6.45, 7) is 8.93. The van der Waals surface area contributed by atoms with E-state index in [1.807, 2.05) is 38.1 Å². The van der Waals surface area contributed by atoms with Gasteiger partial charge in [-0.15, -0.1) is 0 Å². The van der Waals surface area contributed by atoms with Crippen molar-refractivity contribution in [2.75, 3.05) is 13.7 Å². The van der Waals surface area contributed by atoms with Gasteiger partial charge in [-0.25, -0.2) is 4.99 Å². The molecule has 0 aliphatic rings. The number of hydrogen-bond acceptors (Lipinski definition) is 3. The number of methoxy groups -OCH3 is 1. The molecular weight excluding hydrogens is 338 g/mol. The number of rotatable bonds is 9. The van der Waals surface area contributed by atoms with Crippen LogP contribution in [0.5, 0.6) is 5.75 Å². The van der Waals surface area contributed by atoms with Crippen molar-refractivity contribution in [3.63, 3.8) is 0 Å². The van der Waals surface area contributed by atoms with E-state index in [9.17, 15) is 0 Å². The van der Waals surface area contributed by atoms with Crippen LogP contribution in [0.2, 0.25) is 0 Å². The lowest BCUT2D eigenvalue weighted by atomic mass is 10.1. The van der Waals surface area contributed by atoms with Crippen LogP contribution >= 0.6 is 0 Å². The van der Waals surface area contributed by atoms with Gasteiger partial charge in [0.15, 0.2) is 5.96 Å². The summed E-state index contributed by atoms with van der Waals surface area (Å²) >= 11 is 0. The van der Waals surface area contributed by atoms with Crippen LogP contribution in [0.4, 0.5) is 0 Å². The highest BCUT2D eigenvalue weighted by Gasteiger charge is 2.01. The Bertz CT molecular complexity index is 712. The topological polar surface area (TPSA) is 54.9 Å². The summed E-state index contributed by atoms with van der Waals surface area (Å²) in [6, 6.07) is 16.4. The van der Waals surface area contributed by atoms with Gasteiger partial charge in [0.05, 0.1) is 26.4 Å². The molecule has 0 saturated carbocycles. The van der Waals surface area contributed by atoms with Crippen molar-refractivity contribution >= 4 is 5.96 Å². The van der Waals surface area contributed by atoms with Gasteiger partial charge in [0.1, 0.15) is 5.75 Å². The zero-order valence-electron chi connectivity index (χ0n) is 16.8. The van der Waals surface area contributed by atoms with Gasteiger partial charge >= 0.3 is 0 Å². The molecule has 0 heterocycles. The predicted molar refractivity (Wildman–Crippen MR) is 111 cm³/mol. The Kier molecular flexibility index (Phi) is 8.65. The van der Waals surface area contributed by atoms with Gasteiger partial charge in [-0.05, 0) is 49.6 Å². The molecule has 0 fully saturated rings. The second-order valence-corrected chi connectivity index (χ2v) is 6.58. The van der Waals surface area contributed by atoms with Crippen molar-refractivity contribution in [1.82, 2.24) is 10.6 Å². The molecule has 0 bridgehead atoms. The lowest BCUT2D eigenvalue weighted by Crippen LogP contribution is -2.36. The Hall–Kier alpha value is -2.53. The van der Waals surface area contributed by atoms with E-state index in [0.29, 0.717) is 19.7 Å². The van der Waals surface area contributed by atoms with E-state index in [1.165, 1.54) is 16.7 Å². The largest absolute Gasteiger partial charge is 0.497 e. The van der Waals surface area contributed by atoms with E-state index in [1.54, 1.807) is 7.11 Å². The Morgan fingerprint density at radius 2 is 1.74 bits per heavy atom. The van der Waals surface area contributed by atoms with E-state index in [4.69, 9.17) is 14.5 Å². The summed E-state index contributed by atoms with van der Waals surface area (Å²) < 4.78 is 10.9. The van der Waals surface area contributed by atoms with Crippen LogP contribution in [0.1, 0.15) is 37.5 Å². The summed E-state index contributed by atoms with van der Waals surface area (Å²) in [6.07, 6.45) is 0.231. The molecule has 0 atom stereocenters. The third-order valence-electron chi connectivity index (χ3n) is 3.96. The molecule has 0 radical (unpaired) electrons. The van der Waals surface area contributed by atoms with E-state index in [2.05, 4.69) is 41.8 Å². The van der Waals surface area contributed by atoms with E-state index >= 15 is 0 Å². The number of ether oxygens (including phenoxy) is 2. The fraction of sp³-hybridized carbons (Fsp3) is 0.409. The highest BCUT2D eigenvalue weighted by molar-refractivity contribution is 5.79. The number of hydrogen-bond donors (Lipinski definition) is 2. The standard InChI is InChI=1S/C22H31N3O2/c1-5-23-22(24-14-18-9-11-21(26-4)12-10-18)25-15-19-7-6-8-20(13-19)16-27-17(2)3/h6-13,17H,5,14-16H2,1-4H3,(H2,23,24,25). The highest BCUT2D eigenvalue weighted by atomic mass is 16.5. The van der Waals surface area contributed by atoms with Crippen LogP contribution in [-0.4, -0.2) is 25.7 Å². The normalized spacial score (nSPS) is 11.5. The maximum absolute atomic E-state index is 5.68. The van der Waals surface area contributed by atoms with Crippen LogP contribution in [-0.2, 0) is 24.4 Å². The zero-order chi connectivity index (χ0) is 19.5. The molecule has 0 unspecified atom stereocenters. The molecule has 27 heavy (non-hydrogen) atoms. The Balaban J connectivity index is 1.94. The first-order chi connectivity index (χ1) is 13.1. The molecule has 0 aliphatic carbocycles. The fourth-order valence-corrected chi connectivity index (χ4v) is 2.52. The van der Waals surface area contributed by atoms with Crippen LogP contribution < -0.4 is 15.4 Å². The minimum absolute atomic E-state index is 0.231. The fourth-order valence-electron chi connectivity index (χ4n) is 2.52. The van der Waals surface area contributed by atoms with Crippen molar-refractivity contribution < 1.29 is 9.47 Å². The van der Waals surface area contributed by atoms with Gasteiger partial charge in [-0.3, -0.25) is 0 Å². The minimum atomic E-state index is 0.231. The van der Waals surface area contributed by atoms with Crippen molar-refractivity contribution in [2.24, 2.45) is 4.99 Å². The lowest BCUT2D eigenvalue weighted by Gasteiger charge is -2.12. The van der Waals surface area contributed by atoms with Crippen molar-refractivity contribution in [1.29, 1.82) is 0 Å². The van der Waals surface area contributed by atoms with Crippen molar-refractivity contribution in [2.45, 2.75) is 46.6 Å². The van der Waals surface area contributed by atoms with E-state index in [0.717, 1.165) is 18.3 Å². The average molecular weight is 370 g/mol. The highest BCUT2D eigenvalue weighted by Crippen LogP contribution is 2.11. The van der Waals surface area contributed by atoms with Gasteiger partial charge in [-0.1, -0.05) is 36.4 Å². The molecule has 5 heteroatoms. The van der Waals surface area contributed by atoms with Crippen LogP contribution in [0.3, 0.4) is 0 Å². The molecule has 5 nitrogen and oxygen atoms in total. The van der Waals surface area contributed by atoms with E-state index in [-0.39, 0.29) is 6.10 Å². The lowest BCUT2D eigenvalue weighted by molar-refractivity contribution is 0.0657. The first-order valence-electron chi connectivity index (χ1n) is 9.45. The van der Waals surface area contributed by atoms with Crippen LogP contribution in [0.25, 0.3) is 0 Å². The zero-order valence-corrected chi connectivity index (χ0v) is 16.8. The van der Waals surface area contributed by atoms with Gasteiger partial charge in [-0.2, -0.15) is 0 Å². The second kappa shape index (κ2) is 11.2. The molecule has 2 aromatic rings. The van der Waals surface area contributed by atoms with Gasteiger partial charge in [0.25, 0.3) is 0 Å². The molecule has 0 amide bonds. The third kappa shape index (κ3) is 7.71. The van der Waals surface area contributed by atoms with Gasteiger partial charge < -0.3 is 20.1 Å². The summed E-state index contributed by atoms with van der Waals surface area (Å²) in [5.41, 5.74) is 3.52. The summed E-state index contributed by atoms with van der Waals surface area (Å²) in [5, 5.41) is 6.66. The van der Waals surface area contributed by atoms with E-state index < -0.39 is 0 Å². The second-order valence-electron chi connectivity index (χ2n) is 6.58. The number of guanidine groups is 1. The van der Waals surface area contributed by atoms with Crippen molar-refractivity contribution in [3.05, 3.63) is 65.2 Å². The molecule has 2 rings (SSSR count). The van der Waals surface area contributed by atoms with Crippen molar-refractivity contribution in [3.8, 4) is 5.75 Å². The molecule has 2 N–H and O–H groups in total. The Morgan fingerprint density at radius 1 is 1.00 bits per heavy atom. The molecule has 0 aromatic heterocycles. The number of nitrogens with one attached hydrogen (secondary N) is 2. The third-order valence-corrected chi connectivity index (χ3v) is 3.96. The smallest absolute Gasteiger partial charge is 0.191 e. The summed E-state index contributed by atoms with van der Waals surface area (Å²) in [7, 11) is 1.67. The van der Waals surface area contributed by atoms with Gasteiger partial charge in [0, 0.05) is 13.1 Å². The van der Waals surface area contributed by atoms with Crippen LogP contribution in [0, 0.1) is 0 Å². The maximum atomic E-state index is 5.68. The molecule has 0 aliphatic heterocycles. The molecule has 2 aromatic carbocycles. The Labute approximate surface area is 162 Å². The summed E-state index contributed by atoms with van der Waals surface area (Å²) in [4.78, 5) is 4.70. The molecular formula is C22H31N3O2. The molecule has 0 saturated heterocycles. The SMILES string of the molecule is CCNC(=NCc1cccc(COC(C)C)c1)NCc1ccc(OC)cc1. The maximum Gasteiger partial charge on any atom is 0.191 e. The molecule has 146 valence electrons. The summed E-state index contributed by atoms with van der Waals surface area (Å²) in [5.74, 6) is 1.66. The quantitative estimate of drug-likeness (QED) is 0.520. The monoisotopic (exact) mass is 369 g/mol. The Morgan fingerprint density at radius 3 is 2.41 bits per heavy atom. The first kappa shape index (κ1) is 20.8. The molecule has 0 spiro atoms. The predicted octanol–water partition coefficient (Wildman–Crippen LogP) is 3.88. The number of aliphatic imine (C=N–C) groups is 1. The average Bonchev–Trinajstić information content (AvgIpc) is 2.69. The van der Waals surface area contributed by atoms with Gasteiger partial charge in [0.2, 0.25) is 0 Å². The number of benzene rings is 2. The minimum Gasteiger partial charge on any atom is -0.497 e. The number of nitrogens with zero attached hydrogens (tertiary/aromatic N) is 1. The first-order valence-corrected chi connectivity index (χ1v) is 9.45.